The van der Waals surface area contributed by atoms with Gasteiger partial charge in [0.2, 0.25) is 0 Å². The van der Waals surface area contributed by atoms with Crippen LogP contribution in [0.2, 0.25) is 0 Å². The van der Waals surface area contributed by atoms with Gasteiger partial charge >= 0.3 is 24.8 Å². The minimum absolute atomic E-state index is 0. The molecule has 0 atom stereocenters. The predicted molar refractivity (Wildman–Crippen MR) is 104 cm³/mol. The van der Waals surface area contributed by atoms with Crippen molar-refractivity contribution in [3.8, 4) is 0 Å². The zero-order valence-corrected chi connectivity index (χ0v) is 13.7. The van der Waals surface area contributed by atoms with Crippen molar-refractivity contribution in [2.24, 2.45) is 0 Å². The minimum atomic E-state index is -0.653. The van der Waals surface area contributed by atoms with Crippen molar-refractivity contribution in [1.29, 1.82) is 0 Å². The number of unbranched alkanes of at least 4 members (excludes halogenated alkanes) is 14. The third kappa shape index (κ3) is 25.5. The van der Waals surface area contributed by atoms with Gasteiger partial charge in [0.25, 0.3) is 0 Å². The fourth-order valence-electron chi connectivity index (χ4n) is 2.65. The Hall–Kier alpha value is 0.600. The van der Waals surface area contributed by atoms with E-state index >= 15 is 0 Å². The number of hydrogen-bond donors (Lipinski definition) is 1. The summed E-state index contributed by atoms with van der Waals surface area (Å²) in [6.45, 7) is 2.27. The molecule has 0 amide bonds. The third-order valence-corrected chi connectivity index (χ3v) is 3.99. The molecular weight excluding hydrogens is 282 g/mol. The van der Waals surface area contributed by atoms with Crippen LogP contribution >= 0.6 is 0 Å². The molecule has 0 saturated carbocycles. The molecule has 2 nitrogen and oxygen atoms in total. The van der Waals surface area contributed by atoms with E-state index in [-0.39, 0.29) is 36.2 Å². The first-order valence-electron chi connectivity index (χ1n) is 8.99. The molecular formula is C18H40AlLiO2. The van der Waals surface area contributed by atoms with Crippen molar-refractivity contribution < 1.29 is 9.90 Å². The van der Waals surface area contributed by atoms with Gasteiger partial charge in [-0.05, 0) is 6.42 Å². The average Bonchev–Trinajstić information content (AvgIpc) is 2.43. The second-order valence-corrected chi connectivity index (χ2v) is 6.09. The molecule has 0 aliphatic heterocycles. The number of carboxylic acids is 1. The second kappa shape index (κ2) is 23.9. The Bertz CT molecular complexity index is 213. The molecule has 0 aliphatic carbocycles. The molecule has 0 spiro atoms. The average molecular weight is 322 g/mol. The van der Waals surface area contributed by atoms with Crippen molar-refractivity contribution in [2.45, 2.75) is 110 Å². The molecule has 0 fully saturated rings. The van der Waals surface area contributed by atoms with Crippen LogP contribution in [0.1, 0.15) is 110 Å². The van der Waals surface area contributed by atoms with Gasteiger partial charge < -0.3 is 5.11 Å². The molecule has 0 radical (unpaired) electrons. The molecule has 0 aromatic heterocycles. The molecule has 0 rings (SSSR count). The Morgan fingerprint density at radius 2 is 0.909 bits per heavy atom. The van der Waals surface area contributed by atoms with Gasteiger partial charge in [0.05, 0.1) is 0 Å². The van der Waals surface area contributed by atoms with Crippen LogP contribution in [0.15, 0.2) is 0 Å². The van der Waals surface area contributed by atoms with E-state index in [9.17, 15) is 4.79 Å². The fourth-order valence-corrected chi connectivity index (χ4v) is 2.65. The van der Waals surface area contributed by atoms with Gasteiger partial charge in [-0.2, -0.15) is 0 Å². The number of aliphatic carboxylic acids is 1. The summed E-state index contributed by atoms with van der Waals surface area (Å²) < 4.78 is 0. The van der Waals surface area contributed by atoms with E-state index in [0.29, 0.717) is 6.42 Å². The van der Waals surface area contributed by atoms with E-state index < -0.39 is 5.97 Å². The Morgan fingerprint density at radius 1 is 0.636 bits per heavy atom. The van der Waals surface area contributed by atoms with Crippen LogP contribution in [0.25, 0.3) is 0 Å². The van der Waals surface area contributed by atoms with Crippen molar-refractivity contribution >= 4 is 42.2 Å². The Balaban J connectivity index is -0.00000180. The van der Waals surface area contributed by atoms with E-state index in [1.807, 2.05) is 0 Å². The van der Waals surface area contributed by atoms with Crippen LogP contribution in [0.4, 0.5) is 0 Å². The van der Waals surface area contributed by atoms with Crippen LogP contribution in [0.3, 0.4) is 0 Å². The normalized spacial score (nSPS) is 9.86. The van der Waals surface area contributed by atoms with Crippen molar-refractivity contribution in [1.82, 2.24) is 0 Å². The van der Waals surface area contributed by atoms with Gasteiger partial charge in [-0.25, -0.2) is 0 Å². The Labute approximate surface area is 161 Å². The van der Waals surface area contributed by atoms with Gasteiger partial charge in [0, 0.05) is 6.42 Å². The molecule has 0 bridgehead atoms. The number of rotatable bonds is 16. The third-order valence-electron chi connectivity index (χ3n) is 3.99. The molecule has 0 heterocycles. The zero-order valence-electron chi connectivity index (χ0n) is 13.7. The van der Waals surface area contributed by atoms with E-state index in [4.69, 9.17) is 5.11 Å². The molecule has 1 N–H and O–H groups in total. The molecule has 128 valence electrons. The van der Waals surface area contributed by atoms with E-state index in [1.54, 1.807) is 0 Å². The maximum atomic E-state index is 10.3. The summed E-state index contributed by atoms with van der Waals surface area (Å²) in [7, 11) is 0. The Morgan fingerprint density at radius 3 is 1.18 bits per heavy atom. The van der Waals surface area contributed by atoms with E-state index in [0.717, 1.165) is 12.8 Å². The molecule has 0 unspecified atom stereocenters. The molecule has 0 aromatic rings. The molecule has 22 heavy (non-hydrogen) atoms. The summed E-state index contributed by atoms with van der Waals surface area (Å²) in [5, 5.41) is 8.52. The number of carbonyl (C=O) groups is 1. The predicted octanol–water partition coefficient (Wildman–Crippen LogP) is 4.50. The quantitative estimate of drug-likeness (QED) is 0.335. The number of hydrogen-bond acceptors (Lipinski definition) is 1. The van der Waals surface area contributed by atoms with E-state index in [2.05, 4.69) is 6.92 Å². The fraction of sp³-hybridized carbons (Fsp3) is 0.944. The van der Waals surface area contributed by atoms with Crippen molar-refractivity contribution in [3.05, 3.63) is 0 Å². The SMILES string of the molecule is CCCCCCCCCCCCCCCCCC(=O)O.[AlH3].[LiH]. The van der Waals surface area contributed by atoms with Crippen LogP contribution in [-0.4, -0.2) is 47.3 Å². The van der Waals surface area contributed by atoms with Gasteiger partial charge in [0.15, 0.2) is 17.4 Å². The first-order valence-corrected chi connectivity index (χ1v) is 8.99. The van der Waals surface area contributed by atoms with Crippen LogP contribution < -0.4 is 0 Å². The van der Waals surface area contributed by atoms with Crippen molar-refractivity contribution in [2.75, 3.05) is 0 Å². The van der Waals surface area contributed by atoms with Crippen LogP contribution in [0, 0.1) is 0 Å². The van der Waals surface area contributed by atoms with Crippen LogP contribution in [0.5, 0.6) is 0 Å². The standard InChI is InChI=1S/C18H36O2.Al.Li.4H/c1-2-3-4-5-6-7-8-9-10-11-12-13-14-15-16-17-18(19)20;;;;;;/h2-17H2,1H3,(H,19,20);;;;;;. The summed E-state index contributed by atoms with van der Waals surface area (Å²) in [5.74, 6) is -0.653. The summed E-state index contributed by atoms with van der Waals surface area (Å²) in [4.78, 5) is 10.3. The summed E-state index contributed by atoms with van der Waals surface area (Å²) in [5.41, 5.74) is 0. The first-order chi connectivity index (χ1) is 9.77. The van der Waals surface area contributed by atoms with E-state index in [1.165, 1.54) is 83.5 Å². The van der Waals surface area contributed by atoms with Gasteiger partial charge in [0.1, 0.15) is 0 Å². The topological polar surface area (TPSA) is 37.3 Å². The summed E-state index contributed by atoms with van der Waals surface area (Å²) in [6.07, 6.45) is 20.2. The van der Waals surface area contributed by atoms with Crippen LogP contribution in [-0.2, 0) is 4.79 Å². The first kappa shape index (κ1) is 27.4. The number of carboxylic acid groups (broad SMARTS) is 1. The zero-order chi connectivity index (χ0) is 14.9. The summed E-state index contributed by atoms with van der Waals surface area (Å²) in [6, 6.07) is 0. The summed E-state index contributed by atoms with van der Waals surface area (Å²) >= 11 is 0. The second-order valence-electron chi connectivity index (χ2n) is 6.09. The van der Waals surface area contributed by atoms with Gasteiger partial charge in [-0.1, -0.05) is 96.8 Å². The van der Waals surface area contributed by atoms with Crippen molar-refractivity contribution in [3.63, 3.8) is 0 Å². The van der Waals surface area contributed by atoms with Gasteiger partial charge in [-0.15, -0.1) is 0 Å². The van der Waals surface area contributed by atoms with Gasteiger partial charge in [-0.3, -0.25) is 4.79 Å². The molecule has 4 heteroatoms. The monoisotopic (exact) mass is 322 g/mol. The maximum absolute atomic E-state index is 10.3. The molecule has 0 aromatic carbocycles. The molecule has 0 aliphatic rings. The Kier molecular flexibility index (Phi) is 29.8. The molecule has 0 saturated heterocycles.